The number of hydrogen-bond acceptors (Lipinski definition) is 5. The smallest absolute Gasteiger partial charge is 0.180 e. The average molecular weight is 187 g/mol. The summed E-state index contributed by atoms with van der Waals surface area (Å²) in [6.45, 7) is 2.76. The van der Waals surface area contributed by atoms with E-state index in [1.54, 1.807) is 6.20 Å². The molecule has 1 atom stereocenters. The number of aromatic nitrogens is 1. The van der Waals surface area contributed by atoms with Crippen LogP contribution in [0.3, 0.4) is 0 Å². The fourth-order valence-electron chi connectivity index (χ4n) is 0.883. The maximum atomic E-state index is 8.57. The molecule has 0 aliphatic rings. The number of thiazole rings is 1. The van der Waals surface area contributed by atoms with Crippen molar-refractivity contribution in [3.05, 3.63) is 11.1 Å². The van der Waals surface area contributed by atoms with Crippen LogP contribution in [0, 0.1) is 0 Å². The lowest BCUT2D eigenvalue weighted by atomic mass is 10.3. The van der Waals surface area contributed by atoms with Gasteiger partial charge in [-0.15, -0.1) is 11.3 Å². The first kappa shape index (κ1) is 9.44. The van der Waals surface area contributed by atoms with E-state index in [9.17, 15) is 0 Å². The van der Waals surface area contributed by atoms with Crippen LogP contribution in [-0.2, 0) is 0 Å². The van der Waals surface area contributed by atoms with Crippen LogP contribution in [0.25, 0.3) is 0 Å². The third kappa shape index (κ3) is 2.44. The summed E-state index contributed by atoms with van der Waals surface area (Å²) in [5.41, 5.74) is 5.48. The molecule has 0 radical (unpaired) electrons. The Labute approximate surface area is 75.4 Å². The molecule has 1 aromatic rings. The largest absolute Gasteiger partial charge is 0.395 e. The molecule has 1 unspecified atom stereocenters. The Morgan fingerprint density at radius 3 is 3.08 bits per heavy atom. The van der Waals surface area contributed by atoms with Crippen molar-refractivity contribution in [3.63, 3.8) is 0 Å². The van der Waals surface area contributed by atoms with Gasteiger partial charge in [0.05, 0.1) is 6.61 Å². The Hall–Kier alpha value is -0.650. The van der Waals surface area contributed by atoms with Gasteiger partial charge in [-0.1, -0.05) is 0 Å². The number of nitrogen functional groups attached to an aromatic ring is 1. The van der Waals surface area contributed by atoms with Crippen LogP contribution < -0.4 is 11.1 Å². The highest BCUT2D eigenvalue weighted by Crippen LogP contribution is 2.21. The van der Waals surface area contributed by atoms with Crippen LogP contribution in [0.2, 0.25) is 0 Å². The van der Waals surface area contributed by atoms with Gasteiger partial charge in [0.25, 0.3) is 0 Å². The van der Waals surface area contributed by atoms with Crippen molar-refractivity contribution in [1.29, 1.82) is 0 Å². The van der Waals surface area contributed by atoms with E-state index in [0.717, 1.165) is 4.88 Å². The summed E-state index contributed by atoms with van der Waals surface area (Å²) in [5.74, 6) is 0. The second-order valence-electron chi connectivity index (χ2n) is 2.50. The van der Waals surface area contributed by atoms with Crippen molar-refractivity contribution in [1.82, 2.24) is 10.3 Å². The monoisotopic (exact) mass is 187 g/mol. The predicted molar refractivity (Wildman–Crippen MR) is 50.0 cm³/mol. The summed E-state index contributed by atoms with van der Waals surface area (Å²) in [6.07, 6.45) is 1.76. The van der Waals surface area contributed by atoms with Gasteiger partial charge in [0, 0.05) is 23.7 Å². The Morgan fingerprint density at radius 1 is 1.83 bits per heavy atom. The summed E-state index contributed by atoms with van der Waals surface area (Å²) in [7, 11) is 0. The van der Waals surface area contributed by atoms with Gasteiger partial charge in [0.15, 0.2) is 5.13 Å². The first-order chi connectivity index (χ1) is 5.74. The van der Waals surface area contributed by atoms with Crippen molar-refractivity contribution in [2.24, 2.45) is 0 Å². The van der Waals surface area contributed by atoms with Gasteiger partial charge in [0.2, 0.25) is 0 Å². The van der Waals surface area contributed by atoms with E-state index in [0.29, 0.717) is 11.7 Å². The molecule has 0 aromatic carbocycles. The van der Waals surface area contributed by atoms with Crippen LogP contribution in [0.15, 0.2) is 6.20 Å². The van der Waals surface area contributed by atoms with Crippen LogP contribution in [0.1, 0.15) is 17.8 Å². The zero-order chi connectivity index (χ0) is 8.97. The van der Waals surface area contributed by atoms with Crippen molar-refractivity contribution in [3.8, 4) is 0 Å². The Bertz CT molecular complexity index is 238. The van der Waals surface area contributed by atoms with Crippen molar-refractivity contribution >= 4 is 16.5 Å². The number of aliphatic hydroxyl groups excluding tert-OH is 1. The number of hydrogen-bond donors (Lipinski definition) is 3. The number of nitrogens with two attached hydrogens (primary N) is 1. The quantitative estimate of drug-likeness (QED) is 0.637. The number of nitrogens with one attached hydrogen (secondary N) is 1. The predicted octanol–water partition coefficient (Wildman–Crippen LogP) is 0.368. The van der Waals surface area contributed by atoms with Gasteiger partial charge in [-0.2, -0.15) is 0 Å². The molecule has 1 rings (SSSR count). The molecule has 0 amide bonds. The van der Waals surface area contributed by atoms with Gasteiger partial charge in [-0.3, -0.25) is 0 Å². The molecule has 4 N–H and O–H groups in total. The Kier molecular flexibility index (Phi) is 3.46. The zero-order valence-corrected chi connectivity index (χ0v) is 7.77. The number of nitrogens with zero attached hydrogens (tertiary/aromatic N) is 1. The van der Waals surface area contributed by atoms with Crippen LogP contribution >= 0.6 is 11.3 Å². The Morgan fingerprint density at radius 2 is 2.58 bits per heavy atom. The molecule has 5 heteroatoms. The summed E-state index contributed by atoms with van der Waals surface area (Å²) >= 11 is 1.47. The number of aliphatic hydroxyl groups is 1. The molecule has 68 valence electrons. The lowest BCUT2D eigenvalue weighted by Crippen LogP contribution is -2.21. The minimum absolute atomic E-state index is 0.151. The molecule has 12 heavy (non-hydrogen) atoms. The molecule has 1 heterocycles. The fraction of sp³-hybridized carbons (Fsp3) is 0.571. The minimum atomic E-state index is 0.151. The lowest BCUT2D eigenvalue weighted by molar-refractivity contribution is 0.286. The van der Waals surface area contributed by atoms with E-state index in [4.69, 9.17) is 10.8 Å². The zero-order valence-electron chi connectivity index (χ0n) is 6.95. The summed E-state index contributed by atoms with van der Waals surface area (Å²) in [6, 6.07) is 0.215. The molecule has 4 nitrogen and oxygen atoms in total. The molecule has 0 aliphatic carbocycles. The molecule has 0 bridgehead atoms. The van der Waals surface area contributed by atoms with E-state index in [1.807, 2.05) is 6.92 Å². The van der Waals surface area contributed by atoms with E-state index in [1.165, 1.54) is 11.3 Å². The van der Waals surface area contributed by atoms with Gasteiger partial charge in [-0.25, -0.2) is 4.98 Å². The van der Waals surface area contributed by atoms with Crippen molar-refractivity contribution < 1.29 is 5.11 Å². The number of anilines is 1. The van der Waals surface area contributed by atoms with Crippen LogP contribution in [0.5, 0.6) is 0 Å². The van der Waals surface area contributed by atoms with Crippen molar-refractivity contribution in [2.45, 2.75) is 13.0 Å². The average Bonchev–Trinajstić information content (AvgIpc) is 2.47. The van der Waals surface area contributed by atoms with Crippen LogP contribution in [-0.4, -0.2) is 23.2 Å². The molecule has 0 aliphatic heterocycles. The normalized spacial score (nSPS) is 13.2. The molecular formula is C7H13N3OS. The van der Waals surface area contributed by atoms with Gasteiger partial charge >= 0.3 is 0 Å². The topological polar surface area (TPSA) is 71.2 Å². The van der Waals surface area contributed by atoms with Crippen molar-refractivity contribution in [2.75, 3.05) is 18.9 Å². The van der Waals surface area contributed by atoms with Gasteiger partial charge in [-0.05, 0) is 6.92 Å². The van der Waals surface area contributed by atoms with E-state index >= 15 is 0 Å². The third-order valence-electron chi connectivity index (χ3n) is 1.53. The minimum Gasteiger partial charge on any atom is -0.395 e. The van der Waals surface area contributed by atoms with E-state index in [-0.39, 0.29) is 12.6 Å². The summed E-state index contributed by atoms with van der Waals surface area (Å²) in [5, 5.41) is 12.3. The summed E-state index contributed by atoms with van der Waals surface area (Å²) < 4.78 is 0. The second-order valence-corrected chi connectivity index (χ2v) is 3.59. The SMILES string of the molecule is CC(NCCO)c1cnc(N)s1. The van der Waals surface area contributed by atoms with Gasteiger partial charge in [0.1, 0.15) is 0 Å². The third-order valence-corrected chi connectivity index (χ3v) is 2.54. The summed E-state index contributed by atoms with van der Waals surface area (Å²) in [4.78, 5) is 5.04. The standard InChI is InChI=1S/C7H13N3OS/c1-5(9-2-3-11)6-4-10-7(8)12-6/h4-5,9,11H,2-3H2,1H3,(H2,8,10). The maximum absolute atomic E-state index is 8.57. The lowest BCUT2D eigenvalue weighted by Gasteiger charge is -2.08. The van der Waals surface area contributed by atoms with Gasteiger partial charge < -0.3 is 16.2 Å². The molecule has 0 fully saturated rings. The van der Waals surface area contributed by atoms with Crippen LogP contribution in [0.4, 0.5) is 5.13 Å². The molecule has 0 saturated heterocycles. The highest BCUT2D eigenvalue weighted by atomic mass is 32.1. The van der Waals surface area contributed by atoms with E-state index in [2.05, 4.69) is 10.3 Å². The van der Waals surface area contributed by atoms with E-state index < -0.39 is 0 Å². The maximum Gasteiger partial charge on any atom is 0.180 e. The first-order valence-corrected chi connectivity index (χ1v) is 4.61. The number of rotatable bonds is 4. The molecule has 0 saturated carbocycles. The second kappa shape index (κ2) is 4.39. The highest BCUT2D eigenvalue weighted by Gasteiger charge is 2.06. The fourth-order valence-corrected chi connectivity index (χ4v) is 1.59. The molecular weight excluding hydrogens is 174 g/mol. The first-order valence-electron chi connectivity index (χ1n) is 3.79. The highest BCUT2D eigenvalue weighted by molar-refractivity contribution is 7.15. The molecule has 0 spiro atoms. The Balaban J connectivity index is 2.47. The molecule has 1 aromatic heterocycles.